The number of halogens is 2. The van der Waals surface area contributed by atoms with Crippen molar-refractivity contribution in [2.24, 2.45) is 0 Å². The quantitative estimate of drug-likeness (QED) is 0.804. The summed E-state index contributed by atoms with van der Waals surface area (Å²) in [6.07, 6.45) is 1.02. The highest BCUT2D eigenvalue weighted by atomic mass is 79.9. The second-order valence-corrected chi connectivity index (χ2v) is 7.64. The van der Waals surface area contributed by atoms with E-state index < -0.39 is 21.4 Å². The van der Waals surface area contributed by atoms with E-state index >= 15 is 0 Å². The largest absolute Gasteiger partial charge is 0.292 e. The molecule has 0 bridgehead atoms. The van der Waals surface area contributed by atoms with Crippen LogP contribution < -0.4 is 0 Å². The molecule has 0 saturated heterocycles. The molecule has 1 aromatic rings. The van der Waals surface area contributed by atoms with Crippen molar-refractivity contribution in [2.45, 2.75) is 0 Å². The molecule has 0 saturated carbocycles. The van der Waals surface area contributed by atoms with Gasteiger partial charge >= 0.3 is 0 Å². The summed E-state index contributed by atoms with van der Waals surface area (Å²) in [5, 5.41) is 0.423. The van der Waals surface area contributed by atoms with E-state index in [-0.39, 0.29) is 0 Å². The van der Waals surface area contributed by atoms with Gasteiger partial charge in [-0.25, -0.2) is 8.42 Å². The van der Waals surface area contributed by atoms with Crippen molar-refractivity contribution >= 4 is 54.5 Å². The Morgan fingerprint density at radius 1 is 1.64 bits per heavy atom. The summed E-state index contributed by atoms with van der Waals surface area (Å²) >= 11 is 9.99. The van der Waals surface area contributed by atoms with Crippen LogP contribution in [0.2, 0.25) is 5.02 Å². The molecule has 0 unspecified atom stereocenters. The molecule has 0 fully saturated rings. The Hall–Kier alpha value is 0.0900. The van der Waals surface area contributed by atoms with E-state index in [9.17, 15) is 13.2 Å². The number of hydrogen-bond acceptors (Lipinski definition) is 4. The van der Waals surface area contributed by atoms with E-state index in [0.29, 0.717) is 13.7 Å². The van der Waals surface area contributed by atoms with Gasteiger partial charge in [0.1, 0.15) is 5.75 Å². The first-order valence-corrected chi connectivity index (χ1v) is 7.50. The first-order valence-electron chi connectivity index (χ1n) is 3.45. The Morgan fingerprint density at radius 3 is 2.57 bits per heavy atom. The van der Waals surface area contributed by atoms with E-state index in [4.69, 9.17) is 11.6 Å². The van der Waals surface area contributed by atoms with Gasteiger partial charge in [0.15, 0.2) is 15.6 Å². The van der Waals surface area contributed by atoms with Crippen LogP contribution in [0.5, 0.6) is 0 Å². The second kappa shape index (κ2) is 4.30. The first-order chi connectivity index (χ1) is 6.29. The fourth-order valence-electron chi connectivity index (χ4n) is 0.793. The van der Waals surface area contributed by atoms with E-state index in [2.05, 4.69) is 15.9 Å². The summed E-state index contributed by atoms with van der Waals surface area (Å²) in [5.74, 6) is -0.902. The van der Waals surface area contributed by atoms with Crippen molar-refractivity contribution in [2.75, 3.05) is 12.0 Å². The Labute approximate surface area is 99.1 Å². The first kappa shape index (κ1) is 12.2. The third-order valence-corrected chi connectivity index (χ3v) is 4.62. The van der Waals surface area contributed by atoms with Crippen molar-refractivity contribution in [3.63, 3.8) is 0 Å². The Balaban J connectivity index is 2.91. The molecule has 0 spiro atoms. The maximum absolute atomic E-state index is 11.4. The number of carbonyl (C=O) groups is 1. The van der Waals surface area contributed by atoms with E-state index in [1.54, 1.807) is 0 Å². The molecular weight excluding hydrogens is 312 g/mol. The van der Waals surface area contributed by atoms with Gasteiger partial charge in [-0.3, -0.25) is 4.79 Å². The van der Waals surface area contributed by atoms with Crippen LogP contribution in [0.15, 0.2) is 9.85 Å². The molecule has 0 aliphatic heterocycles. The summed E-state index contributed by atoms with van der Waals surface area (Å²) < 4.78 is 22.3. The number of Topliss-reactive ketones (excluding diaryl/α,β-unsaturated/α-hetero) is 1. The molecule has 78 valence electrons. The zero-order chi connectivity index (χ0) is 10.9. The Bertz CT molecular complexity index is 444. The summed E-state index contributed by atoms with van der Waals surface area (Å²) in [7, 11) is -3.28. The van der Waals surface area contributed by atoms with Crippen LogP contribution in [0.25, 0.3) is 0 Å². The highest BCUT2D eigenvalue weighted by molar-refractivity contribution is 9.11. The lowest BCUT2D eigenvalue weighted by atomic mass is 10.3. The van der Waals surface area contributed by atoms with Crippen LogP contribution in [0.1, 0.15) is 9.67 Å². The highest BCUT2D eigenvalue weighted by Gasteiger charge is 2.16. The average Bonchev–Trinajstić information content (AvgIpc) is 2.28. The molecule has 0 atom stereocenters. The minimum Gasteiger partial charge on any atom is -0.292 e. The molecule has 14 heavy (non-hydrogen) atoms. The molecule has 7 heteroatoms. The van der Waals surface area contributed by atoms with Gasteiger partial charge in [-0.1, -0.05) is 11.6 Å². The fourth-order valence-corrected chi connectivity index (χ4v) is 3.16. The molecule has 3 nitrogen and oxygen atoms in total. The van der Waals surface area contributed by atoms with E-state index in [1.807, 2.05) is 0 Å². The molecule has 1 aromatic heterocycles. The van der Waals surface area contributed by atoms with Gasteiger partial charge < -0.3 is 0 Å². The van der Waals surface area contributed by atoms with Crippen LogP contribution in [-0.4, -0.2) is 26.2 Å². The second-order valence-electron chi connectivity index (χ2n) is 2.73. The van der Waals surface area contributed by atoms with Gasteiger partial charge in [-0.15, -0.1) is 11.3 Å². The smallest absolute Gasteiger partial charge is 0.187 e. The van der Waals surface area contributed by atoms with Crippen molar-refractivity contribution in [3.8, 4) is 0 Å². The average molecular weight is 318 g/mol. The van der Waals surface area contributed by atoms with Gasteiger partial charge in [0.05, 0.1) is 13.7 Å². The Morgan fingerprint density at radius 2 is 2.21 bits per heavy atom. The SMILES string of the molecule is CS(=O)(=O)CC(=O)c1cc(Cl)c(Br)s1. The number of ketones is 1. The topological polar surface area (TPSA) is 51.2 Å². The van der Waals surface area contributed by atoms with Crippen molar-refractivity contribution in [3.05, 3.63) is 19.8 Å². The van der Waals surface area contributed by atoms with E-state index in [1.165, 1.54) is 6.07 Å². The molecule has 0 aliphatic carbocycles. The van der Waals surface area contributed by atoms with Crippen molar-refractivity contribution in [1.29, 1.82) is 0 Å². The Kier molecular flexibility index (Phi) is 3.74. The lowest BCUT2D eigenvalue weighted by Crippen LogP contribution is -2.13. The van der Waals surface area contributed by atoms with Crippen molar-refractivity contribution < 1.29 is 13.2 Å². The molecule has 0 radical (unpaired) electrons. The molecule has 0 aliphatic rings. The van der Waals surface area contributed by atoms with Crippen LogP contribution in [0.4, 0.5) is 0 Å². The fraction of sp³-hybridized carbons (Fsp3) is 0.286. The maximum atomic E-state index is 11.4. The van der Waals surface area contributed by atoms with Gasteiger partial charge in [0, 0.05) is 6.26 Å². The molecule has 1 rings (SSSR count). The van der Waals surface area contributed by atoms with Gasteiger partial charge in [-0.2, -0.15) is 0 Å². The summed E-state index contributed by atoms with van der Waals surface area (Å²) in [4.78, 5) is 11.7. The summed E-state index contributed by atoms with van der Waals surface area (Å²) in [6, 6.07) is 1.46. The zero-order valence-corrected chi connectivity index (χ0v) is 11.1. The lowest BCUT2D eigenvalue weighted by Gasteiger charge is -1.93. The standard InChI is InChI=1S/C7H6BrClO3S2/c1-14(11,12)3-5(10)6-2-4(9)7(8)13-6/h2H,3H2,1H3. The third kappa shape index (κ3) is 3.34. The maximum Gasteiger partial charge on any atom is 0.187 e. The molecule has 0 N–H and O–H groups in total. The van der Waals surface area contributed by atoms with Gasteiger partial charge in [0.25, 0.3) is 0 Å². The number of hydrogen-bond donors (Lipinski definition) is 0. The number of carbonyl (C=O) groups excluding carboxylic acids is 1. The molecule has 0 aromatic carbocycles. The normalized spacial score (nSPS) is 11.6. The van der Waals surface area contributed by atoms with Crippen LogP contribution in [0, 0.1) is 0 Å². The third-order valence-electron chi connectivity index (χ3n) is 1.31. The van der Waals surface area contributed by atoms with Crippen LogP contribution in [-0.2, 0) is 9.84 Å². The molecule has 0 amide bonds. The predicted octanol–water partition coefficient (Wildman–Crippen LogP) is 2.39. The molecule has 1 heterocycles. The number of thiophene rings is 1. The van der Waals surface area contributed by atoms with Crippen molar-refractivity contribution in [1.82, 2.24) is 0 Å². The number of sulfone groups is 1. The number of rotatable bonds is 3. The van der Waals surface area contributed by atoms with Gasteiger partial charge in [0.2, 0.25) is 0 Å². The monoisotopic (exact) mass is 316 g/mol. The van der Waals surface area contributed by atoms with Crippen LogP contribution >= 0.6 is 38.9 Å². The van der Waals surface area contributed by atoms with Crippen LogP contribution in [0.3, 0.4) is 0 Å². The summed E-state index contributed by atoms with van der Waals surface area (Å²) in [6.45, 7) is 0. The minimum absolute atomic E-state index is 0.354. The zero-order valence-electron chi connectivity index (χ0n) is 7.08. The minimum atomic E-state index is -3.28. The predicted molar refractivity (Wildman–Crippen MR) is 61.1 cm³/mol. The van der Waals surface area contributed by atoms with E-state index in [0.717, 1.165) is 17.6 Å². The lowest BCUT2D eigenvalue weighted by molar-refractivity contribution is 0.102. The van der Waals surface area contributed by atoms with Gasteiger partial charge in [-0.05, 0) is 22.0 Å². The molecular formula is C7H6BrClO3S2. The highest BCUT2D eigenvalue weighted by Crippen LogP contribution is 2.32. The summed E-state index contributed by atoms with van der Waals surface area (Å²) in [5.41, 5.74) is 0.